The van der Waals surface area contributed by atoms with Gasteiger partial charge in [0.2, 0.25) is 5.91 Å². The fraction of sp³-hybridized carbons (Fsp3) is 0.400. The van der Waals surface area contributed by atoms with Gasteiger partial charge in [-0.2, -0.15) is 0 Å². The van der Waals surface area contributed by atoms with E-state index in [-0.39, 0.29) is 23.3 Å². The Hall–Kier alpha value is -2.86. The summed E-state index contributed by atoms with van der Waals surface area (Å²) in [5.74, 6) is 1.29. The summed E-state index contributed by atoms with van der Waals surface area (Å²) < 4.78 is 6.85. The van der Waals surface area contributed by atoms with Crippen LogP contribution in [0.1, 0.15) is 46.5 Å². The van der Waals surface area contributed by atoms with E-state index in [9.17, 15) is 9.59 Å². The van der Waals surface area contributed by atoms with Crippen molar-refractivity contribution >= 4 is 28.4 Å². The van der Waals surface area contributed by atoms with Crippen LogP contribution in [-0.4, -0.2) is 34.0 Å². The van der Waals surface area contributed by atoms with Crippen LogP contribution in [0, 0.1) is 11.8 Å². The minimum Gasteiger partial charge on any atom is -0.497 e. The Morgan fingerprint density at radius 1 is 1.09 bits per heavy atom. The van der Waals surface area contributed by atoms with Crippen LogP contribution in [0.2, 0.25) is 5.02 Å². The van der Waals surface area contributed by atoms with Crippen molar-refractivity contribution in [1.29, 1.82) is 0 Å². The highest BCUT2D eigenvalue weighted by Crippen LogP contribution is 2.26. The molecule has 6 nitrogen and oxygen atoms in total. The molecule has 0 saturated carbocycles. The van der Waals surface area contributed by atoms with E-state index in [1.165, 1.54) is 0 Å². The highest BCUT2D eigenvalue weighted by molar-refractivity contribution is 6.31. The average Bonchev–Trinajstić information content (AvgIpc) is 2.76. The third kappa shape index (κ3) is 4.80. The maximum atomic E-state index is 13.6. The molecule has 1 amide bonds. The summed E-state index contributed by atoms with van der Waals surface area (Å²) in [5, 5.41) is 0.967. The van der Waals surface area contributed by atoms with E-state index in [1.807, 2.05) is 37.8 Å². The normalized spacial score (nSPS) is 12.4. The van der Waals surface area contributed by atoms with E-state index in [0.717, 1.165) is 0 Å². The molecule has 3 aromatic rings. The van der Waals surface area contributed by atoms with Gasteiger partial charge in [0, 0.05) is 17.5 Å². The van der Waals surface area contributed by atoms with E-state index in [2.05, 4.69) is 13.8 Å². The SMILES string of the molecule is COc1ccc(-n2c(C(C)N(CC(C)C)C(=O)C(C)C)nc3cc(Cl)ccc3c2=O)cc1. The quantitative estimate of drug-likeness (QED) is 0.488. The lowest BCUT2D eigenvalue weighted by molar-refractivity contribution is -0.137. The second kappa shape index (κ2) is 9.74. The van der Waals surface area contributed by atoms with Gasteiger partial charge in [-0.15, -0.1) is 0 Å². The van der Waals surface area contributed by atoms with Crippen molar-refractivity contribution in [2.45, 2.75) is 40.7 Å². The number of rotatable bonds is 7. The Morgan fingerprint density at radius 2 is 1.75 bits per heavy atom. The maximum absolute atomic E-state index is 13.6. The number of carbonyl (C=O) groups excluding carboxylic acids is 1. The van der Waals surface area contributed by atoms with Gasteiger partial charge in [0.1, 0.15) is 11.6 Å². The molecule has 7 heteroatoms. The highest BCUT2D eigenvalue weighted by Gasteiger charge is 2.28. The number of ether oxygens (including phenoxy) is 1. The summed E-state index contributed by atoms with van der Waals surface area (Å²) in [5.41, 5.74) is 0.958. The summed E-state index contributed by atoms with van der Waals surface area (Å²) >= 11 is 6.19. The summed E-state index contributed by atoms with van der Waals surface area (Å²) in [6, 6.07) is 11.9. The van der Waals surface area contributed by atoms with Crippen molar-refractivity contribution in [3.63, 3.8) is 0 Å². The molecule has 0 aliphatic rings. The molecule has 3 rings (SSSR count). The third-order valence-corrected chi connectivity index (χ3v) is 5.60. The molecule has 0 bridgehead atoms. The standard InChI is InChI=1S/C25H30ClN3O3/c1-15(2)14-28(24(30)16(3)4)17(5)23-27-22-13-18(26)7-12-21(22)25(31)29(23)19-8-10-20(32-6)11-9-19/h7-13,15-17H,14H2,1-6H3. The van der Waals surface area contributed by atoms with Crippen molar-refractivity contribution in [2.24, 2.45) is 11.8 Å². The van der Waals surface area contributed by atoms with Gasteiger partial charge in [-0.25, -0.2) is 4.98 Å². The molecule has 170 valence electrons. The zero-order chi connectivity index (χ0) is 23.6. The van der Waals surface area contributed by atoms with E-state index in [1.54, 1.807) is 42.0 Å². The Morgan fingerprint density at radius 3 is 2.31 bits per heavy atom. The van der Waals surface area contributed by atoms with Crippen LogP contribution in [0.25, 0.3) is 16.6 Å². The molecule has 0 spiro atoms. The van der Waals surface area contributed by atoms with E-state index < -0.39 is 6.04 Å². The van der Waals surface area contributed by atoms with Crippen molar-refractivity contribution in [2.75, 3.05) is 13.7 Å². The molecular weight excluding hydrogens is 426 g/mol. The summed E-state index contributed by atoms with van der Waals surface area (Å²) in [4.78, 5) is 33.4. The third-order valence-electron chi connectivity index (χ3n) is 5.37. The van der Waals surface area contributed by atoms with Crippen LogP contribution in [0.3, 0.4) is 0 Å². The fourth-order valence-electron chi connectivity index (χ4n) is 3.74. The zero-order valence-corrected chi connectivity index (χ0v) is 20.2. The molecule has 0 aliphatic carbocycles. The predicted octanol–water partition coefficient (Wildman–Crippen LogP) is 5.25. The molecule has 32 heavy (non-hydrogen) atoms. The highest BCUT2D eigenvalue weighted by atomic mass is 35.5. The molecule has 2 aromatic carbocycles. The van der Waals surface area contributed by atoms with E-state index in [4.69, 9.17) is 21.3 Å². The first kappa shape index (κ1) is 23.8. The molecule has 1 unspecified atom stereocenters. The minimum atomic E-state index is -0.425. The van der Waals surface area contributed by atoms with E-state index in [0.29, 0.717) is 39.7 Å². The first-order valence-electron chi connectivity index (χ1n) is 10.8. The van der Waals surface area contributed by atoms with Gasteiger partial charge in [0.25, 0.3) is 5.56 Å². The lowest BCUT2D eigenvalue weighted by atomic mass is 10.1. The Kier molecular flexibility index (Phi) is 7.24. The molecule has 0 aliphatic heterocycles. The molecular formula is C25H30ClN3O3. The van der Waals surface area contributed by atoms with Gasteiger partial charge < -0.3 is 9.64 Å². The number of hydrogen-bond donors (Lipinski definition) is 0. The fourth-order valence-corrected chi connectivity index (χ4v) is 3.91. The summed E-state index contributed by atoms with van der Waals surface area (Å²) in [6.07, 6.45) is 0. The first-order chi connectivity index (χ1) is 15.1. The van der Waals surface area contributed by atoms with E-state index >= 15 is 0 Å². The van der Waals surface area contributed by atoms with Gasteiger partial charge in [-0.05, 0) is 55.3 Å². The molecule has 1 atom stereocenters. The van der Waals surface area contributed by atoms with Crippen LogP contribution in [-0.2, 0) is 4.79 Å². The monoisotopic (exact) mass is 455 g/mol. The lowest BCUT2D eigenvalue weighted by Gasteiger charge is -2.33. The number of amides is 1. The number of benzene rings is 2. The van der Waals surface area contributed by atoms with Crippen molar-refractivity contribution < 1.29 is 9.53 Å². The van der Waals surface area contributed by atoms with Gasteiger partial charge in [-0.1, -0.05) is 39.3 Å². The van der Waals surface area contributed by atoms with Gasteiger partial charge >= 0.3 is 0 Å². The Bertz CT molecular complexity index is 1170. The van der Waals surface area contributed by atoms with Crippen LogP contribution < -0.4 is 10.3 Å². The van der Waals surface area contributed by atoms with Crippen molar-refractivity contribution in [3.05, 3.63) is 63.7 Å². The number of halogens is 1. The number of fused-ring (bicyclic) bond motifs is 1. The predicted molar refractivity (Wildman–Crippen MR) is 129 cm³/mol. The van der Waals surface area contributed by atoms with Crippen LogP contribution in [0.4, 0.5) is 0 Å². The topological polar surface area (TPSA) is 64.4 Å². The minimum absolute atomic E-state index is 0.0212. The number of methoxy groups -OCH3 is 1. The van der Waals surface area contributed by atoms with Crippen LogP contribution in [0.15, 0.2) is 47.3 Å². The molecule has 0 N–H and O–H groups in total. The average molecular weight is 456 g/mol. The smallest absolute Gasteiger partial charge is 0.266 e. The summed E-state index contributed by atoms with van der Waals surface area (Å²) in [6.45, 7) is 10.4. The van der Waals surface area contributed by atoms with Crippen LogP contribution in [0.5, 0.6) is 5.75 Å². The number of nitrogens with zero attached hydrogens (tertiary/aromatic N) is 3. The van der Waals surface area contributed by atoms with Crippen LogP contribution >= 0.6 is 11.6 Å². The second-order valence-corrected chi connectivity index (χ2v) is 9.12. The molecule has 1 heterocycles. The molecule has 0 fully saturated rings. The maximum Gasteiger partial charge on any atom is 0.266 e. The number of carbonyl (C=O) groups is 1. The Balaban J connectivity index is 2.28. The van der Waals surface area contributed by atoms with Gasteiger partial charge in [0.15, 0.2) is 0 Å². The number of hydrogen-bond acceptors (Lipinski definition) is 4. The van der Waals surface area contributed by atoms with Gasteiger partial charge in [0.05, 0.1) is 29.7 Å². The van der Waals surface area contributed by atoms with Crippen molar-refractivity contribution in [3.8, 4) is 11.4 Å². The largest absolute Gasteiger partial charge is 0.497 e. The first-order valence-corrected chi connectivity index (χ1v) is 11.2. The molecule has 0 saturated heterocycles. The van der Waals surface area contributed by atoms with Crippen molar-refractivity contribution in [1.82, 2.24) is 14.5 Å². The molecule has 1 aromatic heterocycles. The summed E-state index contributed by atoms with van der Waals surface area (Å²) in [7, 11) is 1.59. The Labute approximate surface area is 193 Å². The molecule has 0 radical (unpaired) electrons. The zero-order valence-electron chi connectivity index (χ0n) is 19.4. The lowest BCUT2D eigenvalue weighted by Crippen LogP contribution is -2.41. The number of aromatic nitrogens is 2. The second-order valence-electron chi connectivity index (χ2n) is 8.69. The van der Waals surface area contributed by atoms with Gasteiger partial charge in [-0.3, -0.25) is 14.2 Å².